The second kappa shape index (κ2) is 5.85. The van der Waals surface area contributed by atoms with Crippen molar-refractivity contribution in [1.82, 2.24) is 4.90 Å². The van der Waals surface area contributed by atoms with Gasteiger partial charge in [-0.05, 0) is 37.1 Å². The fourth-order valence-corrected chi connectivity index (χ4v) is 2.25. The highest BCUT2D eigenvalue weighted by Crippen LogP contribution is 2.21. The second-order valence-corrected chi connectivity index (χ2v) is 4.46. The molecule has 0 spiro atoms. The molecule has 0 aliphatic carbocycles. The highest BCUT2D eigenvalue weighted by Gasteiger charge is 2.33. The fraction of sp³-hybridized carbons (Fsp3) is 0.385. The van der Waals surface area contributed by atoms with Gasteiger partial charge in [-0.25, -0.2) is 0 Å². The maximum atomic E-state index is 12.2. The van der Waals surface area contributed by atoms with Gasteiger partial charge < -0.3 is 15.4 Å². The predicted octanol–water partition coefficient (Wildman–Crippen LogP) is 1.38. The molecule has 1 saturated heterocycles. The van der Waals surface area contributed by atoms with Crippen molar-refractivity contribution in [3.8, 4) is 5.75 Å². The van der Waals surface area contributed by atoms with Crippen LogP contribution in [-0.2, 0) is 4.79 Å². The van der Waals surface area contributed by atoms with Gasteiger partial charge in [-0.1, -0.05) is 0 Å². The Kier molecular flexibility index (Phi) is 4.16. The van der Waals surface area contributed by atoms with Crippen molar-refractivity contribution < 1.29 is 23.1 Å². The molecule has 2 amide bonds. The van der Waals surface area contributed by atoms with E-state index in [0.717, 1.165) is 0 Å². The van der Waals surface area contributed by atoms with E-state index in [2.05, 4.69) is 4.74 Å². The third kappa shape index (κ3) is 3.04. The van der Waals surface area contributed by atoms with Gasteiger partial charge in [0, 0.05) is 12.1 Å². The van der Waals surface area contributed by atoms with Crippen molar-refractivity contribution in [3.05, 3.63) is 29.8 Å². The maximum absolute atomic E-state index is 12.2. The van der Waals surface area contributed by atoms with Crippen LogP contribution < -0.4 is 10.5 Å². The lowest BCUT2D eigenvalue weighted by molar-refractivity contribution is -0.121. The Labute approximate surface area is 114 Å². The zero-order chi connectivity index (χ0) is 14.7. The van der Waals surface area contributed by atoms with E-state index in [4.69, 9.17) is 5.73 Å². The minimum absolute atomic E-state index is 0.0237. The van der Waals surface area contributed by atoms with Gasteiger partial charge in [0.05, 0.1) is 0 Å². The Bertz CT molecular complexity index is 505. The summed E-state index contributed by atoms with van der Waals surface area (Å²) in [6.45, 7) is -2.45. The van der Waals surface area contributed by atoms with Crippen LogP contribution in [0.4, 0.5) is 8.78 Å². The van der Waals surface area contributed by atoms with Crippen molar-refractivity contribution in [2.75, 3.05) is 6.54 Å². The summed E-state index contributed by atoms with van der Waals surface area (Å²) in [6.07, 6.45) is 1.26. The first kappa shape index (κ1) is 14.2. The van der Waals surface area contributed by atoms with Crippen molar-refractivity contribution >= 4 is 11.8 Å². The van der Waals surface area contributed by atoms with Crippen molar-refractivity contribution in [2.24, 2.45) is 5.73 Å². The monoisotopic (exact) mass is 284 g/mol. The van der Waals surface area contributed by atoms with Gasteiger partial charge in [0.15, 0.2) is 0 Å². The predicted molar refractivity (Wildman–Crippen MR) is 66.3 cm³/mol. The Morgan fingerprint density at radius 1 is 1.30 bits per heavy atom. The Morgan fingerprint density at radius 3 is 2.50 bits per heavy atom. The number of benzene rings is 1. The molecule has 1 atom stereocenters. The number of hydrogen-bond acceptors (Lipinski definition) is 3. The standard InChI is InChI=1S/C13H14F2N2O3/c14-13(15)20-9-5-3-8(4-6-9)12(19)17-7-1-2-10(17)11(16)18/h3-6,10,13H,1-2,7H2,(H2,16,18)/t10-/m1/s1. The molecule has 0 radical (unpaired) electrons. The first-order valence-electron chi connectivity index (χ1n) is 6.14. The number of carbonyl (C=O) groups is 2. The summed E-state index contributed by atoms with van der Waals surface area (Å²) >= 11 is 0. The largest absolute Gasteiger partial charge is 0.435 e. The minimum Gasteiger partial charge on any atom is -0.435 e. The number of alkyl halides is 2. The molecule has 2 N–H and O–H groups in total. The molecule has 0 aromatic heterocycles. The van der Waals surface area contributed by atoms with Crippen LogP contribution in [0.2, 0.25) is 0 Å². The summed E-state index contributed by atoms with van der Waals surface area (Å²) in [7, 11) is 0. The summed E-state index contributed by atoms with van der Waals surface area (Å²) in [5.74, 6) is -0.896. The smallest absolute Gasteiger partial charge is 0.387 e. The molecule has 0 unspecified atom stereocenters. The average molecular weight is 284 g/mol. The van der Waals surface area contributed by atoms with E-state index >= 15 is 0 Å². The van der Waals surface area contributed by atoms with E-state index in [1.807, 2.05) is 0 Å². The number of likely N-dealkylation sites (tertiary alicyclic amines) is 1. The highest BCUT2D eigenvalue weighted by atomic mass is 19.3. The number of halogens is 2. The summed E-state index contributed by atoms with van der Waals surface area (Å²) in [5, 5.41) is 0. The van der Waals surface area contributed by atoms with Gasteiger partial charge in [-0.2, -0.15) is 8.78 Å². The van der Waals surface area contributed by atoms with Crippen LogP contribution in [0.15, 0.2) is 24.3 Å². The van der Waals surface area contributed by atoms with E-state index in [-0.39, 0.29) is 11.7 Å². The average Bonchev–Trinajstić information content (AvgIpc) is 2.87. The zero-order valence-electron chi connectivity index (χ0n) is 10.6. The van der Waals surface area contributed by atoms with Crippen LogP contribution >= 0.6 is 0 Å². The maximum Gasteiger partial charge on any atom is 0.387 e. The van der Waals surface area contributed by atoms with Gasteiger partial charge >= 0.3 is 6.61 Å². The third-order valence-corrected chi connectivity index (χ3v) is 3.17. The van der Waals surface area contributed by atoms with Crippen molar-refractivity contribution in [2.45, 2.75) is 25.5 Å². The Balaban J connectivity index is 2.11. The summed E-state index contributed by atoms with van der Waals surface area (Å²) in [6, 6.07) is 4.75. The quantitative estimate of drug-likeness (QED) is 0.907. The summed E-state index contributed by atoms with van der Waals surface area (Å²) in [5.41, 5.74) is 5.55. The molecule has 1 aromatic rings. The summed E-state index contributed by atoms with van der Waals surface area (Å²) < 4.78 is 28.2. The third-order valence-electron chi connectivity index (χ3n) is 3.17. The van der Waals surface area contributed by atoms with Gasteiger partial charge in [0.2, 0.25) is 5.91 Å². The normalized spacial score (nSPS) is 18.4. The molecule has 1 aromatic carbocycles. The Morgan fingerprint density at radius 2 is 1.95 bits per heavy atom. The van der Waals surface area contributed by atoms with Crippen molar-refractivity contribution in [3.63, 3.8) is 0 Å². The number of amides is 2. The first-order valence-corrected chi connectivity index (χ1v) is 6.14. The lowest BCUT2D eigenvalue weighted by Crippen LogP contribution is -2.43. The van der Waals surface area contributed by atoms with Gasteiger partial charge in [0.1, 0.15) is 11.8 Å². The highest BCUT2D eigenvalue weighted by molar-refractivity contribution is 5.97. The number of carbonyl (C=O) groups excluding carboxylic acids is 2. The van der Waals surface area contributed by atoms with E-state index in [1.165, 1.54) is 29.2 Å². The van der Waals surface area contributed by atoms with Crippen LogP contribution in [0.25, 0.3) is 0 Å². The number of nitrogens with zero attached hydrogens (tertiary/aromatic N) is 1. The zero-order valence-corrected chi connectivity index (χ0v) is 10.6. The molecule has 108 valence electrons. The minimum atomic E-state index is -2.91. The van der Waals surface area contributed by atoms with E-state index in [0.29, 0.717) is 24.9 Å². The van der Waals surface area contributed by atoms with Crippen LogP contribution in [0.5, 0.6) is 5.75 Å². The number of nitrogens with two attached hydrogens (primary N) is 1. The van der Waals surface area contributed by atoms with Gasteiger partial charge in [-0.15, -0.1) is 0 Å². The van der Waals surface area contributed by atoms with Crippen LogP contribution in [-0.4, -0.2) is 35.9 Å². The second-order valence-electron chi connectivity index (χ2n) is 4.46. The molecule has 0 bridgehead atoms. The number of hydrogen-bond donors (Lipinski definition) is 1. The molecule has 1 fully saturated rings. The number of primary amides is 1. The SMILES string of the molecule is NC(=O)[C@H]1CCCN1C(=O)c1ccc(OC(F)F)cc1. The molecule has 1 aliphatic heterocycles. The Hall–Kier alpha value is -2.18. The molecular weight excluding hydrogens is 270 g/mol. The molecule has 7 heteroatoms. The van der Waals surface area contributed by atoms with E-state index in [9.17, 15) is 18.4 Å². The fourth-order valence-electron chi connectivity index (χ4n) is 2.25. The van der Waals surface area contributed by atoms with Crippen LogP contribution in [0.3, 0.4) is 0 Å². The summed E-state index contributed by atoms with van der Waals surface area (Å²) in [4.78, 5) is 24.9. The number of ether oxygens (including phenoxy) is 1. The molecule has 2 rings (SSSR count). The molecule has 20 heavy (non-hydrogen) atoms. The lowest BCUT2D eigenvalue weighted by atomic mass is 10.1. The molecule has 5 nitrogen and oxygen atoms in total. The van der Waals surface area contributed by atoms with Gasteiger partial charge in [0.25, 0.3) is 5.91 Å². The molecule has 0 saturated carbocycles. The molecule has 1 aliphatic rings. The lowest BCUT2D eigenvalue weighted by Gasteiger charge is -2.22. The van der Waals surface area contributed by atoms with Gasteiger partial charge in [-0.3, -0.25) is 9.59 Å². The topological polar surface area (TPSA) is 72.6 Å². The van der Waals surface area contributed by atoms with Crippen LogP contribution in [0, 0.1) is 0 Å². The molecular formula is C13H14F2N2O3. The van der Waals surface area contributed by atoms with E-state index < -0.39 is 18.6 Å². The van der Waals surface area contributed by atoms with Crippen molar-refractivity contribution in [1.29, 1.82) is 0 Å². The van der Waals surface area contributed by atoms with Crippen LogP contribution in [0.1, 0.15) is 23.2 Å². The first-order chi connectivity index (χ1) is 9.49. The molecule has 1 heterocycles. The number of rotatable bonds is 4. The van der Waals surface area contributed by atoms with E-state index in [1.54, 1.807) is 0 Å².